The minimum Gasteiger partial charge on any atom is -0.492 e. The van der Waals surface area contributed by atoms with E-state index in [1.54, 1.807) is 0 Å². The second-order valence-corrected chi connectivity index (χ2v) is 8.08. The standard InChI is InChI=1S/C21H26N4O2/c1-24-9-6-17-19(23-14-22-17)21(24)7-10-25(11-8-21)20(26)16-12-15-4-2-3-5-18(15)27-13-16/h2-5,14,16H,6-13H2,1H3,(H,22,23)/t16-/m0/s1. The summed E-state index contributed by atoms with van der Waals surface area (Å²) in [4.78, 5) is 25.6. The van der Waals surface area contributed by atoms with Gasteiger partial charge in [-0.2, -0.15) is 0 Å². The average molecular weight is 366 g/mol. The first-order chi connectivity index (χ1) is 13.2. The van der Waals surface area contributed by atoms with Gasteiger partial charge in [0.2, 0.25) is 5.91 Å². The zero-order valence-electron chi connectivity index (χ0n) is 15.8. The summed E-state index contributed by atoms with van der Waals surface area (Å²) in [7, 11) is 2.20. The van der Waals surface area contributed by atoms with Crippen molar-refractivity contribution in [3.8, 4) is 5.75 Å². The number of imidazole rings is 1. The van der Waals surface area contributed by atoms with Gasteiger partial charge in [0, 0.05) is 31.7 Å². The SMILES string of the molecule is CN1CCc2[nH]cnc2C12CCN(C(=O)[C@@H]1COc3ccccc3C1)CC2. The number of nitrogens with one attached hydrogen (secondary N) is 1. The molecule has 0 bridgehead atoms. The van der Waals surface area contributed by atoms with Gasteiger partial charge in [-0.25, -0.2) is 4.98 Å². The van der Waals surface area contributed by atoms with Crippen LogP contribution >= 0.6 is 0 Å². The van der Waals surface area contributed by atoms with Crippen molar-refractivity contribution in [1.29, 1.82) is 0 Å². The molecule has 1 fully saturated rings. The van der Waals surface area contributed by atoms with Crippen LogP contribution in [0.1, 0.15) is 29.8 Å². The van der Waals surface area contributed by atoms with E-state index in [9.17, 15) is 4.79 Å². The number of fused-ring (bicyclic) bond motifs is 3. The van der Waals surface area contributed by atoms with E-state index in [-0.39, 0.29) is 17.4 Å². The van der Waals surface area contributed by atoms with Crippen molar-refractivity contribution in [1.82, 2.24) is 19.8 Å². The van der Waals surface area contributed by atoms with Gasteiger partial charge in [0.1, 0.15) is 12.4 Å². The highest BCUT2D eigenvalue weighted by Crippen LogP contribution is 2.41. The van der Waals surface area contributed by atoms with E-state index in [1.807, 2.05) is 29.4 Å². The van der Waals surface area contributed by atoms with Gasteiger partial charge in [-0.3, -0.25) is 9.69 Å². The zero-order chi connectivity index (χ0) is 18.4. The number of amides is 1. The molecule has 0 aliphatic carbocycles. The third kappa shape index (κ3) is 2.65. The summed E-state index contributed by atoms with van der Waals surface area (Å²) in [6.45, 7) is 3.10. The second-order valence-electron chi connectivity index (χ2n) is 8.08. The molecule has 0 radical (unpaired) electrons. The molecule has 0 saturated carbocycles. The molecule has 3 aliphatic heterocycles. The topological polar surface area (TPSA) is 61.5 Å². The van der Waals surface area contributed by atoms with E-state index in [0.717, 1.165) is 56.6 Å². The van der Waals surface area contributed by atoms with E-state index in [0.29, 0.717) is 6.61 Å². The number of aromatic amines is 1. The van der Waals surface area contributed by atoms with Crippen molar-refractivity contribution in [3.63, 3.8) is 0 Å². The molecule has 5 rings (SSSR count). The lowest BCUT2D eigenvalue weighted by Crippen LogP contribution is -2.56. The van der Waals surface area contributed by atoms with Crippen molar-refractivity contribution < 1.29 is 9.53 Å². The Morgan fingerprint density at radius 3 is 2.93 bits per heavy atom. The molecule has 142 valence electrons. The number of ether oxygens (including phenoxy) is 1. The highest BCUT2D eigenvalue weighted by molar-refractivity contribution is 5.80. The Kier molecular flexibility index (Phi) is 3.97. The largest absolute Gasteiger partial charge is 0.492 e. The lowest BCUT2D eigenvalue weighted by molar-refractivity contribution is -0.140. The molecule has 1 aromatic heterocycles. The molecule has 1 N–H and O–H groups in total. The van der Waals surface area contributed by atoms with Gasteiger partial charge in [-0.05, 0) is 37.9 Å². The number of likely N-dealkylation sites (N-methyl/N-ethyl adjacent to an activating group) is 1. The van der Waals surface area contributed by atoms with Crippen molar-refractivity contribution in [3.05, 3.63) is 47.5 Å². The smallest absolute Gasteiger partial charge is 0.229 e. The first kappa shape index (κ1) is 16.8. The first-order valence-electron chi connectivity index (χ1n) is 9.91. The molecule has 4 heterocycles. The predicted molar refractivity (Wildman–Crippen MR) is 102 cm³/mol. The van der Waals surface area contributed by atoms with Crippen LogP contribution in [0.2, 0.25) is 0 Å². The third-order valence-electron chi connectivity index (χ3n) is 6.72. The summed E-state index contributed by atoms with van der Waals surface area (Å²) in [6.07, 6.45) is 5.50. The van der Waals surface area contributed by atoms with Crippen molar-refractivity contribution >= 4 is 5.91 Å². The van der Waals surface area contributed by atoms with Crippen LogP contribution in [-0.4, -0.2) is 59.0 Å². The fourth-order valence-electron chi connectivity index (χ4n) is 5.05. The molecule has 1 spiro atoms. The molecule has 2 aromatic rings. The molecule has 6 nitrogen and oxygen atoms in total. The fourth-order valence-corrected chi connectivity index (χ4v) is 5.05. The van der Waals surface area contributed by atoms with Gasteiger partial charge >= 0.3 is 0 Å². The maximum atomic E-state index is 13.1. The van der Waals surface area contributed by atoms with Crippen LogP contribution in [0, 0.1) is 5.92 Å². The summed E-state index contributed by atoms with van der Waals surface area (Å²) in [6, 6.07) is 8.05. The fraction of sp³-hybridized carbons (Fsp3) is 0.524. The number of piperidine rings is 1. The molecule has 3 aliphatic rings. The third-order valence-corrected chi connectivity index (χ3v) is 6.72. The number of benzene rings is 1. The van der Waals surface area contributed by atoms with E-state index >= 15 is 0 Å². The number of para-hydroxylation sites is 1. The number of carbonyl (C=O) groups excluding carboxylic acids is 1. The van der Waals surface area contributed by atoms with Gasteiger partial charge in [0.15, 0.2) is 0 Å². The maximum Gasteiger partial charge on any atom is 0.229 e. The Morgan fingerprint density at radius 2 is 2.07 bits per heavy atom. The normalized spacial score (nSPS) is 24.2. The lowest BCUT2D eigenvalue weighted by atomic mass is 9.79. The molecule has 6 heteroatoms. The van der Waals surface area contributed by atoms with Crippen LogP contribution in [-0.2, 0) is 23.2 Å². The Morgan fingerprint density at radius 1 is 1.26 bits per heavy atom. The summed E-state index contributed by atoms with van der Waals surface area (Å²) in [5.74, 6) is 1.09. The van der Waals surface area contributed by atoms with E-state index in [2.05, 4.69) is 28.0 Å². The van der Waals surface area contributed by atoms with Crippen molar-refractivity contribution in [2.45, 2.75) is 31.2 Å². The molecule has 1 aromatic carbocycles. The van der Waals surface area contributed by atoms with Crippen molar-refractivity contribution in [2.24, 2.45) is 5.92 Å². The molecule has 1 saturated heterocycles. The van der Waals surface area contributed by atoms with E-state index < -0.39 is 0 Å². The molecule has 27 heavy (non-hydrogen) atoms. The number of nitrogens with zero attached hydrogens (tertiary/aromatic N) is 3. The Balaban J connectivity index is 1.30. The number of rotatable bonds is 1. The monoisotopic (exact) mass is 366 g/mol. The summed E-state index contributed by atoms with van der Waals surface area (Å²) < 4.78 is 5.84. The zero-order valence-corrected chi connectivity index (χ0v) is 15.8. The van der Waals surface area contributed by atoms with Crippen LogP contribution in [0.5, 0.6) is 5.75 Å². The molecular formula is C21H26N4O2. The number of hydrogen-bond donors (Lipinski definition) is 1. The van der Waals surface area contributed by atoms with Crippen LogP contribution in [0.15, 0.2) is 30.6 Å². The highest BCUT2D eigenvalue weighted by Gasteiger charge is 2.46. The highest BCUT2D eigenvalue weighted by atomic mass is 16.5. The van der Waals surface area contributed by atoms with Crippen molar-refractivity contribution in [2.75, 3.05) is 33.3 Å². The number of H-pyrrole nitrogens is 1. The minimum atomic E-state index is -0.0704. The Hall–Kier alpha value is -2.34. The molecular weight excluding hydrogens is 340 g/mol. The first-order valence-corrected chi connectivity index (χ1v) is 9.91. The summed E-state index contributed by atoms with van der Waals surface area (Å²) in [5.41, 5.74) is 3.58. The van der Waals surface area contributed by atoms with E-state index in [4.69, 9.17) is 4.74 Å². The molecule has 1 atom stereocenters. The second kappa shape index (κ2) is 6.37. The van der Waals surface area contributed by atoms with Crippen LogP contribution in [0.4, 0.5) is 0 Å². The summed E-state index contributed by atoms with van der Waals surface area (Å²) >= 11 is 0. The van der Waals surface area contributed by atoms with Crippen LogP contribution in [0.25, 0.3) is 0 Å². The van der Waals surface area contributed by atoms with Crippen LogP contribution < -0.4 is 4.74 Å². The predicted octanol–water partition coefficient (Wildman–Crippen LogP) is 1.97. The number of hydrogen-bond acceptors (Lipinski definition) is 4. The Labute approximate surface area is 159 Å². The quantitative estimate of drug-likeness (QED) is 0.838. The lowest BCUT2D eigenvalue weighted by Gasteiger charge is -2.49. The molecule has 0 unspecified atom stereocenters. The van der Waals surface area contributed by atoms with Crippen LogP contribution in [0.3, 0.4) is 0 Å². The summed E-state index contributed by atoms with van der Waals surface area (Å²) in [5, 5.41) is 0. The van der Waals surface area contributed by atoms with Gasteiger partial charge in [-0.15, -0.1) is 0 Å². The Bertz CT molecular complexity index is 853. The van der Waals surface area contributed by atoms with Gasteiger partial charge in [-0.1, -0.05) is 18.2 Å². The van der Waals surface area contributed by atoms with Gasteiger partial charge in [0.05, 0.1) is 23.5 Å². The maximum absolute atomic E-state index is 13.1. The van der Waals surface area contributed by atoms with Gasteiger partial charge in [0.25, 0.3) is 0 Å². The van der Waals surface area contributed by atoms with E-state index in [1.165, 1.54) is 11.4 Å². The number of likely N-dealkylation sites (tertiary alicyclic amines) is 1. The molecule has 1 amide bonds. The number of carbonyl (C=O) groups is 1. The van der Waals surface area contributed by atoms with Gasteiger partial charge < -0.3 is 14.6 Å². The minimum absolute atomic E-state index is 0.0278. The number of aromatic nitrogens is 2. The average Bonchev–Trinajstić information content (AvgIpc) is 3.20.